The highest BCUT2D eigenvalue weighted by molar-refractivity contribution is 6.82. The Bertz CT molecular complexity index is 922. The molecule has 0 N–H and O–H groups in total. The van der Waals surface area contributed by atoms with Gasteiger partial charge in [-0.3, -0.25) is 0 Å². The van der Waals surface area contributed by atoms with E-state index in [-0.39, 0.29) is 10.8 Å². The van der Waals surface area contributed by atoms with Crippen LogP contribution in [0.2, 0.25) is 37.8 Å². The lowest BCUT2D eigenvalue weighted by Crippen LogP contribution is -2.40. The van der Waals surface area contributed by atoms with Crippen LogP contribution in [-0.4, -0.2) is 49.3 Å². The molecule has 0 radical (unpaired) electrons. The van der Waals surface area contributed by atoms with Crippen LogP contribution in [0.5, 0.6) is 0 Å². The average molecular weight is 561 g/mol. The summed E-state index contributed by atoms with van der Waals surface area (Å²) in [4.78, 5) is 12.4. The topological polar surface area (TPSA) is 54.0 Å². The Hall–Kier alpha value is -1.94. The van der Waals surface area contributed by atoms with E-state index < -0.39 is 22.4 Å². The number of esters is 1. The summed E-state index contributed by atoms with van der Waals surface area (Å²) in [6.07, 6.45) is 7.16. The molecule has 0 aliphatic carbocycles. The van der Waals surface area contributed by atoms with Crippen molar-refractivity contribution in [3.63, 3.8) is 0 Å². The Morgan fingerprint density at radius 1 is 1.00 bits per heavy atom. The molecule has 0 atom stereocenters. The van der Waals surface area contributed by atoms with Gasteiger partial charge in [0, 0.05) is 6.61 Å². The maximum atomic E-state index is 12.4. The number of ether oxygens (including phenoxy) is 3. The van der Waals surface area contributed by atoms with Gasteiger partial charge in [-0.2, -0.15) is 0 Å². The summed E-state index contributed by atoms with van der Waals surface area (Å²) in [6.45, 7) is 24.4. The van der Waals surface area contributed by atoms with Gasteiger partial charge in [-0.25, -0.2) is 4.79 Å². The molecule has 0 saturated carbocycles. The van der Waals surface area contributed by atoms with Gasteiger partial charge in [-0.15, -0.1) is 6.58 Å². The second kappa shape index (κ2) is 16.2. The standard InChI is InChI=1S/C31H52O5Si2/c1-26(37(6,7)8)16-14-20-29(30(32)33-5)35-25-28(21-23-36-38(9,10)31(2,3)4)19-15-22-34-24-27-17-12-11-13-18-27/h11-13,17-18,20-21H,1,14-16,19,22-25H2,2-10H3/b28-21-,29-20+. The summed E-state index contributed by atoms with van der Waals surface area (Å²) in [7, 11) is -1.89. The predicted octanol–water partition coefficient (Wildman–Crippen LogP) is 8.22. The van der Waals surface area contributed by atoms with Gasteiger partial charge in [-0.1, -0.05) is 82.0 Å². The van der Waals surface area contributed by atoms with Crippen molar-refractivity contribution in [2.24, 2.45) is 0 Å². The number of methoxy groups -OCH3 is 1. The number of carbonyl (C=O) groups excluding carboxylic acids is 1. The van der Waals surface area contributed by atoms with E-state index >= 15 is 0 Å². The molecule has 5 nitrogen and oxygen atoms in total. The molecular formula is C31H52O5Si2. The van der Waals surface area contributed by atoms with Gasteiger partial charge in [0.05, 0.1) is 28.4 Å². The molecule has 0 spiro atoms. The number of benzene rings is 1. The van der Waals surface area contributed by atoms with Gasteiger partial charge >= 0.3 is 5.97 Å². The van der Waals surface area contributed by atoms with Crippen molar-refractivity contribution >= 4 is 22.4 Å². The number of carbonyl (C=O) groups is 1. The molecule has 0 heterocycles. The van der Waals surface area contributed by atoms with E-state index in [1.165, 1.54) is 17.9 Å². The maximum Gasteiger partial charge on any atom is 0.372 e. The quantitative estimate of drug-likeness (QED) is 0.0480. The molecule has 1 aromatic rings. The normalized spacial score (nSPS) is 13.4. The van der Waals surface area contributed by atoms with Crippen LogP contribution in [0, 0.1) is 0 Å². The van der Waals surface area contributed by atoms with Crippen molar-refractivity contribution in [2.75, 3.05) is 26.9 Å². The lowest BCUT2D eigenvalue weighted by molar-refractivity contribution is -0.140. The first-order valence-electron chi connectivity index (χ1n) is 13.7. The highest BCUT2D eigenvalue weighted by Crippen LogP contribution is 2.36. The first-order valence-corrected chi connectivity index (χ1v) is 20.1. The zero-order valence-electron chi connectivity index (χ0n) is 25.4. The zero-order valence-corrected chi connectivity index (χ0v) is 27.4. The minimum Gasteiger partial charge on any atom is -0.482 e. The fourth-order valence-electron chi connectivity index (χ4n) is 3.21. The molecule has 0 aliphatic heterocycles. The zero-order chi connectivity index (χ0) is 28.8. The number of allylic oxidation sites excluding steroid dienone is 2. The van der Waals surface area contributed by atoms with E-state index in [0.717, 1.165) is 24.8 Å². The fraction of sp³-hybridized carbons (Fsp3) is 0.581. The average Bonchev–Trinajstić information content (AvgIpc) is 2.83. The van der Waals surface area contributed by atoms with Crippen LogP contribution in [0.3, 0.4) is 0 Å². The van der Waals surface area contributed by atoms with Gasteiger partial charge in [-0.05, 0) is 61.0 Å². The smallest absolute Gasteiger partial charge is 0.372 e. The van der Waals surface area contributed by atoms with Gasteiger partial charge < -0.3 is 18.6 Å². The van der Waals surface area contributed by atoms with Crippen LogP contribution in [0.15, 0.2) is 65.6 Å². The van der Waals surface area contributed by atoms with Gasteiger partial charge in [0.1, 0.15) is 6.61 Å². The Morgan fingerprint density at radius 2 is 1.66 bits per heavy atom. The second-order valence-electron chi connectivity index (χ2n) is 12.3. The number of hydrogen-bond acceptors (Lipinski definition) is 5. The highest BCUT2D eigenvalue weighted by atomic mass is 28.4. The maximum absolute atomic E-state index is 12.4. The summed E-state index contributed by atoms with van der Waals surface area (Å²) in [5, 5.41) is 1.42. The SMILES string of the molecule is C=C(CC/C=C(/OC/C(=C\CO[Si](C)(C)C(C)(C)C)CCCOCc1ccccc1)C(=O)OC)[Si](C)(C)C. The summed E-state index contributed by atoms with van der Waals surface area (Å²) in [5.74, 6) is -0.195. The molecular weight excluding hydrogens is 509 g/mol. The first kappa shape index (κ1) is 34.1. The number of hydrogen-bond donors (Lipinski definition) is 0. The van der Waals surface area contributed by atoms with E-state index in [2.05, 4.69) is 78.3 Å². The Balaban J connectivity index is 2.81. The molecule has 0 saturated heterocycles. The monoisotopic (exact) mass is 560 g/mol. The van der Waals surface area contributed by atoms with Crippen molar-refractivity contribution in [1.29, 1.82) is 0 Å². The Morgan fingerprint density at radius 3 is 2.24 bits per heavy atom. The highest BCUT2D eigenvalue weighted by Gasteiger charge is 2.36. The van der Waals surface area contributed by atoms with Gasteiger partial charge in [0.2, 0.25) is 5.76 Å². The lowest BCUT2D eigenvalue weighted by atomic mass is 10.1. The van der Waals surface area contributed by atoms with E-state index in [1.807, 2.05) is 24.3 Å². The lowest BCUT2D eigenvalue weighted by Gasteiger charge is -2.35. The Kier molecular flexibility index (Phi) is 14.6. The van der Waals surface area contributed by atoms with Crippen molar-refractivity contribution in [2.45, 2.75) is 90.8 Å². The minimum atomic E-state index is -1.87. The molecule has 0 amide bonds. The van der Waals surface area contributed by atoms with Crippen LogP contribution >= 0.6 is 0 Å². The van der Waals surface area contributed by atoms with Crippen LogP contribution < -0.4 is 0 Å². The van der Waals surface area contributed by atoms with E-state index in [0.29, 0.717) is 32.8 Å². The van der Waals surface area contributed by atoms with Gasteiger partial charge in [0.25, 0.3) is 0 Å². The van der Waals surface area contributed by atoms with Crippen LogP contribution in [0.25, 0.3) is 0 Å². The first-order chi connectivity index (χ1) is 17.7. The summed E-state index contributed by atoms with van der Waals surface area (Å²) in [6, 6.07) is 10.2. The largest absolute Gasteiger partial charge is 0.482 e. The third kappa shape index (κ3) is 13.2. The molecule has 1 aromatic carbocycles. The molecule has 0 unspecified atom stereocenters. The molecule has 38 heavy (non-hydrogen) atoms. The van der Waals surface area contributed by atoms with Crippen molar-refractivity contribution in [1.82, 2.24) is 0 Å². The third-order valence-electron chi connectivity index (χ3n) is 7.16. The van der Waals surface area contributed by atoms with Crippen LogP contribution in [0.4, 0.5) is 0 Å². The molecule has 1 rings (SSSR count). The summed E-state index contributed by atoms with van der Waals surface area (Å²) < 4.78 is 23.2. The third-order valence-corrected chi connectivity index (χ3v) is 14.0. The molecule has 0 bridgehead atoms. The molecule has 7 heteroatoms. The van der Waals surface area contributed by atoms with E-state index in [1.54, 1.807) is 0 Å². The van der Waals surface area contributed by atoms with Crippen LogP contribution in [-0.2, 0) is 30.0 Å². The summed E-state index contributed by atoms with van der Waals surface area (Å²) >= 11 is 0. The molecule has 0 aliphatic rings. The second-order valence-corrected chi connectivity index (χ2v) is 22.3. The van der Waals surface area contributed by atoms with Crippen LogP contribution in [0.1, 0.15) is 52.0 Å². The fourth-order valence-corrected chi connectivity index (χ4v) is 5.04. The Labute approximate surface area is 234 Å². The predicted molar refractivity (Wildman–Crippen MR) is 164 cm³/mol. The molecule has 0 aromatic heterocycles. The molecule has 0 fully saturated rings. The van der Waals surface area contributed by atoms with E-state index in [9.17, 15) is 4.79 Å². The summed E-state index contributed by atoms with van der Waals surface area (Å²) in [5.41, 5.74) is 2.26. The molecule has 214 valence electrons. The minimum absolute atomic E-state index is 0.142. The van der Waals surface area contributed by atoms with Crippen molar-refractivity contribution in [3.05, 3.63) is 71.2 Å². The number of rotatable bonds is 17. The van der Waals surface area contributed by atoms with E-state index in [4.69, 9.17) is 18.6 Å². The van der Waals surface area contributed by atoms with Crippen molar-refractivity contribution < 1.29 is 23.4 Å². The van der Waals surface area contributed by atoms with Crippen molar-refractivity contribution in [3.8, 4) is 0 Å². The van der Waals surface area contributed by atoms with Gasteiger partial charge in [0.15, 0.2) is 8.32 Å².